The number of nitrogens with zero attached hydrogens (tertiary/aromatic N) is 1. The Kier molecular flexibility index (Phi) is 5.71. The number of hydrogen-bond acceptors (Lipinski definition) is 4. The summed E-state index contributed by atoms with van der Waals surface area (Å²) < 4.78 is 27.5. The molecule has 0 radical (unpaired) electrons. The second-order valence-corrected chi connectivity index (χ2v) is 9.47. The SMILES string of the molecule is Cc1ccc(CNCc2ccccc2S(=O)(=O)N2CCCCC2)s1. The molecule has 0 bridgehead atoms. The maximum atomic E-state index is 12.9. The summed E-state index contributed by atoms with van der Waals surface area (Å²) in [6.07, 6.45) is 3.03. The minimum Gasteiger partial charge on any atom is -0.308 e. The summed E-state index contributed by atoms with van der Waals surface area (Å²) in [5, 5.41) is 3.37. The molecule has 4 nitrogen and oxygen atoms in total. The highest BCUT2D eigenvalue weighted by Crippen LogP contribution is 2.23. The van der Waals surface area contributed by atoms with Crippen molar-refractivity contribution in [2.75, 3.05) is 13.1 Å². The molecule has 0 saturated carbocycles. The van der Waals surface area contributed by atoms with E-state index in [9.17, 15) is 8.42 Å². The van der Waals surface area contributed by atoms with Crippen LogP contribution in [0.1, 0.15) is 34.6 Å². The summed E-state index contributed by atoms with van der Waals surface area (Å²) in [6, 6.07) is 11.6. The van der Waals surface area contributed by atoms with E-state index >= 15 is 0 Å². The molecule has 0 aliphatic carbocycles. The molecule has 1 aliphatic heterocycles. The van der Waals surface area contributed by atoms with Gasteiger partial charge in [-0.15, -0.1) is 11.3 Å². The Bertz CT molecular complexity index is 778. The van der Waals surface area contributed by atoms with Crippen LogP contribution >= 0.6 is 11.3 Å². The van der Waals surface area contributed by atoms with Crippen LogP contribution in [0.2, 0.25) is 0 Å². The average Bonchev–Trinajstić information content (AvgIpc) is 3.01. The predicted molar refractivity (Wildman–Crippen MR) is 98.7 cm³/mol. The minimum absolute atomic E-state index is 0.446. The molecule has 0 spiro atoms. The van der Waals surface area contributed by atoms with E-state index in [4.69, 9.17) is 0 Å². The first-order valence-electron chi connectivity index (χ1n) is 8.41. The van der Waals surface area contributed by atoms with Gasteiger partial charge in [-0.05, 0) is 43.5 Å². The van der Waals surface area contributed by atoms with Crippen molar-refractivity contribution >= 4 is 21.4 Å². The smallest absolute Gasteiger partial charge is 0.243 e. The number of rotatable bonds is 6. The van der Waals surface area contributed by atoms with Crippen molar-refractivity contribution in [3.8, 4) is 0 Å². The molecule has 1 saturated heterocycles. The van der Waals surface area contributed by atoms with Crippen LogP contribution in [0.15, 0.2) is 41.3 Å². The van der Waals surface area contributed by atoms with Crippen molar-refractivity contribution in [2.24, 2.45) is 0 Å². The third-order valence-electron chi connectivity index (χ3n) is 4.32. The zero-order valence-electron chi connectivity index (χ0n) is 14.0. The largest absolute Gasteiger partial charge is 0.308 e. The average molecular weight is 365 g/mol. The van der Waals surface area contributed by atoms with Crippen molar-refractivity contribution in [1.82, 2.24) is 9.62 Å². The van der Waals surface area contributed by atoms with Crippen LogP contribution in [0.25, 0.3) is 0 Å². The van der Waals surface area contributed by atoms with Gasteiger partial charge in [0.1, 0.15) is 0 Å². The van der Waals surface area contributed by atoms with E-state index in [0.717, 1.165) is 31.4 Å². The lowest BCUT2D eigenvalue weighted by Crippen LogP contribution is -2.36. The first-order valence-corrected chi connectivity index (χ1v) is 10.7. The highest BCUT2D eigenvalue weighted by atomic mass is 32.2. The summed E-state index contributed by atoms with van der Waals surface area (Å²) in [5.41, 5.74) is 0.844. The zero-order chi connectivity index (χ0) is 17.0. The molecule has 1 aromatic carbocycles. The lowest BCUT2D eigenvalue weighted by molar-refractivity contribution is 0.346. The van der Waals surface area contributed by atoms with Gasteiger partial charge in [0.25, 0.3) is 0 Å². The maximum Gasteiger partial charge on any atom is 0.243 e. The van der Waals surface area contributed by atoms with Crippen LogP contribution < -0.4 is 5.32 Å². The van der Waals surface area contributed by atoms with Gasteiger partial charge in [-0.1, -0.05) is 24.6 Å². The van der Waals surface area contributed by atoms with E-state index in [1.807, 2.05) is 18.2 Å². The molecule has 0 amide bonds. The molecule has 6 heteroatoms. The Labute approximate surface area is 148 Å². The van der Waals surface area contributed by atoms with Crippen molar-refractivity contribution in [3.05, 3.63) is 51.7 Å². The quantitative estimate of drug-likeness (QED) is 0.853. The third-order valence-corrected chi connectivity index (χ3v) is 7.32. The molecule has 1 aromatic heterocycles. The minimum atomic E-state index is -3.39. The molecule has 0 atom stereocenters. The second-order valence-electron chi connectivity index (χ2n) is 6.19. The Morgan fingerprint density at radius 2 is 1.79 bits per heavy atom. The molecule has 1 N–H and O–H groups in total. The molecular weight excluding hydrogens is 340 g/mol. The molecule has 1 fully saturated rings. The van der Waals surface area contributed by atoms with E-state index in [1.54, 1.807) is 21.7 Å². The summed E-state index contributed by atoms with van der Waals surface area (Å²) in [7, 11) is -3.39. The van der Waals surface area contributed by atoms with Gasteiger partial charge in [0, 0.05) is 35.9 Å². The summed E-state index contributed by atoms with van der Waals surface area (Å²) >= 11 is 1.77. The second kappa shape index (κ2) is 7.78. The Morgan fingerprint density at radius 1 is 1.04 bits per heavy atom. The number of sulfonamides is 1. The standard InChI is InChI=1S/C18H24N2O2S2/c1-15-9-10-17(23-15)14-19-13-16-7-3-4-8-18(16)24(21,22)20-11-5-2-6-12-20/h3-4,7-10,19H,2,5-6,11-14H2,1H3. The summed E-state index contributed by atoms with van der Waals surface area (Å²) in [5.74, 6) is 0. The number of hydrogen-bond donors (Lipinski definition) is 1. The van der Waals surface area contributed by atoms with E-state index in [0.29, 0.717) is 24.5 Å². The van der Waals surface area contributed by atoms with Gasteiger partial charge in [0.2, 0.25) is 10.0 Å². The highest BCUT2D eigenvalue weighted by Gasteiger charge is 2.27. The molecule has 130 valence electrons. The topological polar surface area (TPSA) is 49.4 Å². The van der Waals surface area contributed by atoms with Crippen LogP contribution in [0.5, 0.6) is 0 Å². The third kappa shape index (κ3) is 4.06. The van der Waals surface area contributed by atoms with Gasteiger partial charge in [-0.3, -0.25) is 0 Å². The van der Waals surface area contributed by atoms with Crippen molar-refractivity contribution in [3.63, 3.8) is 0 Å². The summed E-state index contributed by atoms with van der Waals surface area (Å²) in [6.45, 7) is 4.68. The van der Waals surface area contributed by atoms with E-state index in [-0.39, 0.29) is 0 Å². The first-order chi connectivity index (χ1) is 11.6. The zero-order valence-corrected chi connectivity index (χ0v) is 15.6. The van der Waals surface area contributed by atoms with Gasteiger partial charge in [0.15, 0.2) is 0 Å². The van der Waals surface area contributed by atoms with Gasteiger partial charge < -0.3 is 5.32 Å². The van der Waals surface area contributed by atoms with Crippen LogP contribution in [0, 0.1) is 6.92 Å². The first kappa shape index (κ1) is 17.6. The fourth-order valence-corrected chi connectivity index (χ4v) is 5.65. The fraction of sp³-hybridized carbons (Fsp3) is 0.444. The number of nitrogens with one attached hydrogen (secondary N) is 1. The summed E-state index contributed by atoms with van der Waals surface area (Å²) in [4.78, 5) is 3.01. The van der Waals surface area contributed by atoms with Crippen molar-refractivity contribution in [1.29, 1.82) is 0 Å². The van der Waals surface area contributed by atoms with Gasteiger partial charge >= 0.3 is 0 Å². The molecule has 0 unspecified atom stereocenters. The molecular formula is C18H24N2O2S2. The van der Waals surface area contributed by atoms with Crippen molar-refractivity contribution in [2.45, 2.75) is 44.2 Å². The highest BCUT2D eigenvalue weighted by molar-refractivity contribution is 7.89. The monoisotopic (exact) mass is 364 g/mol. The van der Waals surface area contributed by atoms with Crippen LogP contribution in [-0.2, 0) is 23.1 Å². The van der Waals surface area contributed by atoms with E-state index < -0.39 is 10.0 Å². The van der Waals surface area contributed by atoms with Crippen LogP contribution in [0.3, 0.4) is 0 Å². The number of aryl methyl sites for hydroxylation is 1. The lowest BCUT2D eigenvalue weighted by atomic mass is 10.2. The molecule has 24 heavy (non-hydrogen) atoms. The Balaban J connectivity index is 1.72. The number of benzene rings is 1. The fourth-order valence-electron chi connectivity index (χ4n) is 3.05. The van der Waals surface area contributed by atoms with Gasteiger partial charge in [-0.2, -0.15) is 4.31 Å². The van der Waals surface area contributed by atoms with Crippen LogP contribution in [0.4, 0.5) is 0 Å². The van der Waals surface area contributed by atoms with Gasteiger partial charge in [-0.25, -0.2) is 8.42 Å². The number of piperidine rings is 1. The normalized spacial score (nSPS) is 16.4. The van der Waals surface area contributed by atoms with Gasteiger partial charge in [0.05, 0.1) is 4.90 Å². The molecule has 1 aliphatic rings. The Hall–Kier alpha value is -1.21. The van der Waals surface area contributed by atoms with Crippen LogP contribution in [-0.4, -0.2) is 25.8 Å². The Morgan fingerprint density at radius 3 is 2.50 bits per heavy atom. The van der Waals surface area contributed by atoms with Crippen molar-refractivity contribution < 1.29 is 8.42 Å². The molecule has 3 rings (SSSR count). The molecule has 2 heterocycles. The molecule has 2 aromatic rings. The van der Waals surface area contributed by atoms with E-state index in [2.05, 4.69) is 24.4 Å². The maximum absolute atomic E-state index is 12.9. The number of thiophene rings is 1. The van der Waals surface area contributed by atoms with E-state index in [1.165, 1.54) is 9.75 Å². The predicted octanol–water partition coefficient (Wildman–Crippen LogP) is 3.52. The lowest BCUT2D eigenvalue weighted by Gasteiger charge is -2.26.